The van der Waals surface area contributed by atoms with Crippen molar-refractivity contribution in [2.45, 2.75) is 46.3 Å². The average Bonchev–Trinajstić information content (AvgIpc) is 2.95. The number of hydrogen-bond acceptors (Lipinski definition) is 3. The molecule has 0 atom stereocenters. The molecule has 0 unspecified atom stereocenters. The predicted molar refractivity (Wildman–Crippen MR) is 79.7 cm³/mol. The number of rotatable bonds is 6. The first-order valence-electron chi connectivity index (χ1n) is 6.48. The zero-order valence-electron chi connectivity index (χ0n) is 11.7. The maximum Gasteiger partial charge on any atom is 0.0729 e. The minimum Gasteiger partial charge on any atom is -0.378 e. The van der Waals surface area contributed by atoms with Gasteiger partial charge < -0.3 is 5.32 Å². The molecular formula is C13H22ClN5. The molecule has 106 valence electrons. The Balaban J connectivity index is 0.00000180. The fourth-order valence-electron chi connectivity index (χ4n) is 1.76. The molecule has 0 fully saturated rings. The van der Waals surface area contributed by atoms with Crippen molar-refractivity contribution >= 4 is 18.1 Å². The van der Waals surface area contributed by atoms with Crippen LogP contribution in [0.1, 0.15) is 38.8 Å². The standard InChI is InChI=1S/C13H21N5.ClH/c1-4-5-17-10-13(8-15-17)14-6-12-7-16-18(9-12)11(2)3;/h7-11,14H,4-6H2,1-3H3;1H. The van der Waals surface area contributed by atoms with Gasteiger partial charge in [-0.3, -0.25) is 9.36 Å². The Morgan fingerprint density at radius 1 is 1.21 bits per heavy atom. The van der Waals surface area contributed by atoms with E-state index in [1.54, 1.807) is 0 Å². The summed E-state index contributed by atoms with van der Waals surface area (Å²) in [6.07, 6.45) is 8.98. The zero-order chi connectivity index (χ0) is 13.0. The van der Waals surface area contributed by atoms with Gasteiger partial charge in [0.25, 0.3) is 0 Å². The molecule has 2 aromatic rings. The second kappa shape index (κ2) is 7.19. The number of aryl methyl sites for hydroxylation is 1. The molecule has 2 aromatic heterocycles. The molecule has 0 spiro atoms. The SMILES string of the molecule is CCCn1cc(NCc2cnn(C(C)C)c2)cn1.Cl. The van der Waals surface area contributed by atoms with Crippen LogP contribution >= 0.6 is 12.4 Å². The van der Waals surface area contributed by atoms with E-state index in [2.05, 4.69) is 42.5 Å². The second-order valence-electron chi connectivity index (χ2n) is 4.77. The minimum absolute atomic E-state index is 0. The van der Waals surface area contributed by atoms with Crippen molar-refractivity contribution in [3.05, 3.63) is 30.4 Å². The van der Waals surface area contributed by atoms with Gasteiger partial charge in [0.2, 0.25) is 0 Å². The van der Waals surface area contributed by atoms with E-state index in [1.807, 2.05) is 28.0 Å². The number of hydrogen-bond donors (Lipinski definition) is 1. The third-order valence-electron chi connectivity index (χ3n) is 2.77. The van der Waals surface area contributed by atoms with Crippen molar-refractivity contribution in [1.29, 1.82) is 0 Å². The molecule has 0 saturated heterocycles. The summed E-state index contributed by atoms with van der Waals surface area (Å²) in [5.74, 6) is 0. The molecule has 5 nitrogen and oxygen atoms in total. The third-order valence-corrected chi connectivity index (χ3v) is 2.77. The van der Waals surface area contributed by atoms with Crippen LogP contribution in [-0.4, -0.2) is 19.6 Å². The summed E-state index contributed by atoms with van der Waals surface area (Å²) in [6.45, 7) is 8.14. The van der Waals surface area contributed by atoms with Gasteiger partial charge in [0, 0.05) is 37.1 Å². The van der Waals surface area contributed by atoms with Crippen LogP contribution in [0.15, 0.2) is 24.8 Å². The van der Waals surface area contributed by atoms with Crippen molar-refractivity contribution in [2.75, 3.05) is 5.32 Å². The van der Waals surface area contributed by atoms with E-state index in [4.69, 9.17) is 0 Å². The summed E-state index contributed by atoms with van der Waals surface area (Å²) in [7, 11) is 0. The summed E-state index contributed by atoms with van der Waals surface area (Å²) < 4.78 is 3.93. The van der Waals surface area contributed by atoms with Gasteiger partial charge >= 0.3 is 0 Å². The zero-order valence-corrected chi connectivity index (χ0v) is 12.5. The van der Waals surface area contributed by atoms with Crippen molar-refractivity contribution < 1.29 is 0 Å². The van der Waals surface area contributed by atoms with Crippen molar-refractivity contribution in [3.8, 4) is 0 Å². The fraction of sp³-hybridized carbons (Fsp3) is 0.538. The lowest BCUT2D eigenvalue weighted by molar-refractivity contribution is 0.532. The van der Waals surface area contributed by atoms with E-state index in [-0.39, 0.29) is 12.4 Å². The highest BCUT2D eigenvalue weighted by Crippen LogP contribution is 2.10. The second-order valence-corrected chi connectivity index (χ2v) is 4.77. The first-order chi connectivity index (χ1) is 8.69. The lowest BCUT2D eigenvalue weighted by atomic mass is 10.3. The van der Waals surface area contributed by atoms with Gasteiger partial charge in [0.1, 0.15) is 0 Å². The van der Waals surface area contributed by atoms with Crippen LogP contribution in [-0.2, 0) is 13.1 Å². The van der Waals surface area contributed by atoms with E-state index < -0.39 is 0 Å². The third kappa shape index (κ3) is 4.28. The summed E-state index contributed by atoms with van der Waals surface area (Å²) in [6, 6.07) is 0.408. The largest absolute Gasteiger partial charge is 0.378 e. The predicted octanol–water partition coefficient (Wildman–Crippen LogP) is 3.10. The summed E-state index contributed by atoms with van der Waals surface area (Å²) in [5.41, 5.74) is 2.24. The molecule has 0 aliphatic heterocycles. The summed E-state index contributed by atoms with van der Waals surface area (Å²) >= 11 is 0. The van der Waals surface area contributed by atoms with Crippen LogP contribution in [0.3, 0.4) is 0 Å². The maximum absolute atomic E-state index is 4.32. The summed E-state index contributed by atoms with van der Waals surface area (Å²) in [5, 5.41) is 12.0. The van der Waals surface area contributed by atoms with E-state index >= 15 is 0 Å². The lowest BCUT2D eigenvalue weighted by Gasteiger charge is -2.03. The Bertz CT molecular complexity index is 489. The first kappa shape index (κ1) is 15.6. The van der Waals surface area contributed by atoms with Crippen LogP contribution in [0.25, 0.3) is 0 Å². The normalized spacial score (nSPS) is 10.5. The highest BCUT2D eigenvalue weighted by atomic mass is 35.5. The van der Waals surface area contributed by atoms with Gasteiger partial charge in [0.15, 0.2) is 0 Å². The highest BCUT2D eigenvalue weighted by Gasteiger charge is 2.02. The van der Waals surface area contributed by atoms with Gasteiger partial charge in [-0.2, -0.15) is 10.2 Å². The Morgan fingerprint density at radius 2 is 2.00 bits per heavy atom. The Labute approximate surface area is 120 Å². The highest BCUT2D eigenvalue weighted by molar-refractivity contribution is 5.85. The molecule has 0 radical (unpaired) electrons. The molecule has 0 aromatic carbocycles. The van der Waals surface area contributed by atoms with Crippen LogP contribution in [0, 0.1) is 0 Å². The van der Waals surface area contributed by atoms with E-state index in [9.17, 15) is 0 Å². The molecule has 0 aliphatic rings. The number of nitrogens with zero attached hydrogens (tertiary/aromatic N) is 4. The minimum atomic E-state index is 0. The van der Waals surface area contributed by atoms with Crippen molar-refractivity contribution in [2.24, 2.45) is 0 Å². The monoisotopic (exact) mass is 283 g/mol. The van der Waals surface area contributed by atoms with E-state index in [0.717, 1.165) is 25.2 Å². The van der Waals surface area contributed by atoms with Gasteiger partial charge in [-0.15, -0.1) is 12.4 Å². The Hall–Kier alpha value is -1.49. The first-order valence-corrected chi connectivity index (χ1v) is 6.48. The molecule has 0 amide bonds. The van der Waals surface area contributed by atoms with Crippen LogP contribution in [0.4, 0.5) is 5.69 Å². The molecule has 0 aliphatic carbocycles. The number of anilines is 1. The van der Waals surface area contributed by atoms with Crippen molar-refractivity contribution in [1.82, 2.24) is 19.6 Å². The van der Waals surface area contributed by atoms with Gasteiger partial charge in [-0.25, -0.2) is 0 Å². The fourth-order valence-corrected chi connectivity index (χ4v) is 1.76. The smallest absolute Gasteiger partial charge is 0.0729 e. The quantitative estimate of drug-likeness (QED) is 0.886. The molecule has 1 N–H and O–H groups in total. The molecule has 2 rings (SSSR count). The summed E-state index contributed by atoms with van der Waals surface area (Å²) in [4.78, 5) is 0. The van der Waals surface area contributed by atoms with Crippen LogP contribution in [0.2, 0.25) is 0 Å². The molecule has 19 heavy (non-hydrogen) atoms. The molecule has 0 saturated carbocycles. The molecule has 6 heteroatoms. The van der Waals surface area contributed by atoms with Gasteiger partial charge in [-0.1, -0.05) is 6.92 Å². The number of aromatic nitrogens is 4. The number of halogens is 1. The number of nitrogens with one attached hydrogen (secondary N) is 1. The molecular weight excluding hydrogens is 262 g/mol. The molecule has 2 heterocycles. The average molecular weight is 284 g/mol. The maximum atomic E-state index is 4.32. The van der Waals surface area contributed by atoms with E-state index in [1.165, 1.54) is 5.56 Å². The van der Waals surface area contributed by atoms with Crippen molar-refractivity contribution in [3.63, 3.8) is 0 Å². The van der Waals surface area contributed by atoms with Crippen LogP contribution in [0.5, 0.6) is 0 Å². The van der Waals surface area contributed by atoms with Crippen LogP contribution < -0.4 is 5.32 Å². The van der Waals surface area contributed by atoms with Gasteiger partial charge in [-0.05, 0) is 20.3 Å². The lowest BCUT2D eigenvalue weighted by Crippen LogP contribution is -2.01. The Morgan fingerprint density at radius 3 is 2.63 bits per heavy atom. The van der Waals surface area contributed by atoms with Gasteiger partial charge in [0.05, 0.1) is 18.1 Å². The Kier molecular flexibility index (Phi) is 5.89. The topological polar surface area (TPSA) is 47.7 Å². The van der Waals surface area contributed by atoms with E-state index in [0.29, 0.717) is 6.04 Å². The molecule has 0 bridgehead atoms.